The zero-order chi connectivity index (χ0) is 19.9. The number of hydrogen-bond acceptors (Lipinski definition) is 3. The van der Waals surface area contributed by atoms with Crippen molar-refractivity contribution in [1.82, 2.24) is 9.47 Å². The van der Waals surface area contributed by atoms with Crippen LogP contribution in [0.5, 0.6) is 0 Å². The minimum atomic E-state index is -3.93. The number of carbonyl (C=O) groups is 1. The monoisotopic (exact) mass is 453 g/mol. The van der Waals surface area contributed by atoms with E-state index in [0.29, 0.717) is 34.6 Å². The topological polar surface area (TPSA) is 71.4 Å². The quantitative estimate of drug-likeness (QED) is 0.765. The van der Waals surface area contributed by atoms with Gasteiger partial charge in [-0.3, -0.25) is 9.52 Å². The van der Waals surface area contributed by atoms with Crippen LogP contribution in [0.3, 0.4) is 0 Å². The third kappa shape index (κ3) is 3.65. The van der Waals surface area contributed by atoms with E-state index in [4.69, 9.17) is 0 Å². The van der Waals surface area contributed by atoms with Crippen LogP contribution in [0.25, 0.3) is 0 Å². The van der Waals surface area contributed by atoms with Crippen LogP contribution in [0.15, 0.2) is 27.6 Å². The van der Waals surface area contributed by atoms with Crippen molar-refractivity contribution in [2.75, 3.05) is 17.8 Å². The van der Waals surface area contributed by atoms with Crippen molar-refractivity contribution in [3.8, 4) is 0 Å². The molecule has 1 aromatic heterocycles. The fraction of sp³-hybridized carbons (Fsp3) is 0.421. The number of aromatic nitrogens is 1. The second-order valence-corrected chi connectivity index (χ2v) is 9.50. The van der Waals surface area contributed by atoms with Crippen molar-refractivity contribution >= 4 is 37.5 Å². The van der Waals surface area contributed by atoms with Gasteiger partial charge in [0.25, 0.3) is 15.9 Å². The molecule has 1 fully saturated rings. The number of amides is 1. The summed E-state index contributed by atoms with van der Waals surface area (Å²) in [6.45, 7) is 6.79. The zero-order valence-corrected chi connectivity index (χ0v) is 18.4. The highest BCUT2D eigenvalue weighted by Gasteiger charge is 2.33. The van der Waals surface area contributed by atoms with E-state index >= 15 is 0 Å². The van der Waals surface area contributed by atoms with Crippen LogP contribution in [0, 0.1) is 20.8 Å². The number of nitrogens with zero attached hydrogens (tertiary/aromatic N) is 2. The van der Waals surface area contributed by atoms with Crippen LogP contribution in [0.4, 0.5) is 5.69 Å². The van der Waals surface area contributed by atoms with E-state index in [1.54, 1.807) is 36.4 Å². The Morgan fingerprint density at radius 2 is 1.74 bits per heavy atom. The number of nitrogens with one attached hydrogen (secondary N) is 1. The van der Waals surface area contributed by atoms with Gasteiger partial charge in [-0.1, -0.05) is 6.07 Å². The van der Waals surface area contributed by atoms with Crippen LogP contribution in [-0.4, -0.2) is 36.9 Å². The fourth-order valence-electron chi connectivity index (χ4n) is 3.47. The van der Waals surface area contributed by atoms with E-state index in [-0.39, 0.29) is 16.4 Å². The van der Waals surface area contributed by atoms with Crippen molar-refractivity contribution in [2.45, 2.75) is 38.5 Å². The first-order chi connectivity index (χ1) is 12.6. The first kappa shape index (κ1) is 19.9. The van der Waals surface area contributed by atoms with Gasteiger partial charge >= 0.3 is 0 Å². The predicted molar refractivity (Wildman–Crippen MR) is 110 cm³/mol. The summed E-state index contributed by atoms with van der Waals surface area (Å²) in [5.41, 5.74) is 2.94. The van der Waals surface area contributed by atoms with Gasteiger partial charge in [-0.15, -0.1) is 0 Å². The number of sulfonamides is 1. The van der Waals surface area contributed by atoms with E-state index in [2.05, 4.69) is 20.7 Å². The summed E-state index contributed by atoms with van der Waals surface area (Å²) < 4.78 is 31.6. The maximum atomic E-state index is 13.2. The van der Waals surface area contributed by atoms with Crippen molar-refractivity contribution < 1.29 is 13.2 Å². The van der Waals surface area contributed by atoms with Gasteiger partial charge in [0.15, 0.2) is 0 Å². The zero-order valence-electron chi connectivity index (χ0n) is 16.0. The molecule has 6 nitrogen and oxygen atoms in total. The molecule has 2 aromatic rings. The molecule has 1 N–H and O–H groups in total. The largest absolute Gasteiger partial charge is 0.350 e. The molecule has 1 amide bonds. The van der Waals surface area contributed by atoms with Gasteiger partial charge in [0.05, 0.1) is 11.3 Å². The van der Waals surface area contributed by atoms with Gasteiger partial charge in [-0.2, -0.15) is 0 Å². The maximum Gasteiger partial charge on any atom is 0.264 e. The Morgan fingerprint density at radius 1 is 1.11 bits per heavy atom. The highest BCUT2D eigenvalue weighted by Crippen LogP contribution is 2.32. The number of likely N-dealkylation sites (tertiary alicyclic amines) is 1. The van der Waals surface area contributed by atoms with Crippen LogP contribution in [-0.2, 0) is 17.1 Å². The van der Waals surface area contributed by atoms with E-state index in [1.807, 2.05) is 19.1 Å². The van der Waals surface area contributed by atoms with Crippen LogP contribution < -0.4 is 4.72 Å². The van der Waals surface area contributed by atoms with E-state index in [1.165, 1.54) is 0 Å². The average molecular weight is 454 g/mol. The maximum absolute atomic E-state index is 13.2. The van der Waals surface area contributed by atoms with Gasteiger partial charge in [-0.25, -0.2) is 8.42 Å². The summed E-state index contributed by atoms with van der Waals surface area (Å²) >= 11 is 3.40. The molecule has 146 valence electrons. The molecule has 0 atom stereocenters. The molecule has 3 rings (SSSR count). The van der Waals surface area contributed by atoms with Gasteiger partial charge in [0, 0.05) is 36.0 Å². The minimum absolute atomic E-state index is 0.0619. The van der Waals surface area contributed by atoms with Crippen molar-refractivity contribution in [2.24, 2.45) is 7.05 Å². The highest BCUT2D eigenvalue weighted by atomic mass is 79.9. The molecule has 1 aliphatic heterocycles. The van der Waals surface area contributed by atoms with Gasteiger partial charge in [0.2, 0.25) is 0 Å². The number of benzene rings is 1. The van der Waals surface area contributed by atoms with Crippen LogP contribution in [0.2, 0.25) is 0 Å². The minimum Gasteiger partial charge on any atom is -0.350 e. The lowest BCUT2D eigenvalue weighted by Crippen LogP contribution is -2.30. The number of aryl methyl sites for hydroxylation is 1. The molecule has 1 aromatic carbocycles. The summed E-state index contributed by atoms with van der Waals surface area (Å²) in [7, 11) is -2.15. The second-order valence-electron chi connectivity index (χ2n) is 7.02. The molecule has 27 heavy (non-hydrogen) atoms. The Balaban J connectivity index is 2.09. The third-order valence-corrected chi connectivity index (χ3v) is 7.35. The molecule has 2 heterocycles. The SMILES string of the molecule is Cc1ccc(NS(=O)(=O)c2c(C(=O)N3CCCC3)c(C)n(C)c2C)c(Br)c1. The third-order valence-electron chi connectivity index (χ3n) is 5.17. The lowest BCUT2D eigenvalue weighted by molar-refractivity contribution is 0.0788. The molecule has 0 spiro atoms. The molecule has 0 radical (unpaired) electrons. The van der Waals surface area contributed by atoms with Gasteiger partial charge < -0.3 is 9.47 Å². The Bertz CT molecular complexity index is 1010. The number of anilines is 1. The predicted octanol–water partition coefficient (Wildman–Crippen LogP) is 3.75. The van der Waals surface area contributed by atoms with Crippen molar-refractivity contribution in [1.29, 1.82) is 0 Å². The standard InChI is InChI=1S/C19H24BrN3O3S/c1-12-7-8-16(15(20)11-12)21-27(25,26)18-14(3)22(4)13(2)17(18)19(24)23-9-5-6-10-23/h7-8,11,21H,5-6,9-10H2,1-4H3. The Morgan fingerprint density at radius 3 is 2.33 bits per heavy atom. The molecule has 8 heteroatoms. The van der Waals surface area contributed by atoms with E-state index in [9.17, 15) is 13.2 Å². The molecule has 0 bridgehead atoms. The summed E-state index contributed by atoms with van der Waals surface area (Å²) in [5.74, 6) is -0.211. The number of hydrogen-bond donors (Lipinski definition) is 1. The summed E-state index contributed by atoms with van der Waals surface area (Å²) in [6, 6.07) is 5.39. The average Bonchev–Trinajstić information content (AvgIpc) is 3.20. The highest BCUT2D eigenvalue weighted by molar-refractivity contribution is 9.10. The first-order valence-electron chi connectivity index (χ1n) is 8.87. The summed E-state index contributed by atoms with van der Waals surface area (Å²) in [5, 5.41) is 0. The Labute approximate surface area is 168 Å². The molecule has 0 unspecified atom stereocenters. The Kier molecular flexibility index (Phi) is 5.40. The second kappa shape index (κ2) is 7.31. The molecular weight excluding hydrogens is 430 g/mol. The summed E-state index contributed by atoms with van der Waals surface area (Å²) in [4.78, 5) is 14.9. The molecular formula is C19H24BrN3O3S. The smallest absolute Gasteiger partial charge is 0.264 e. The summed E-state index contributed by atoms with van der Waals surface area (Å²) in [6.07, 6.45) is 1.90. The molecule has 1 saturated heterocycles. The van der Waals surface area contributed by atoms with E-state index < -0.39 is 10.0 Å². The Hall–Kier alpha value is -1.80. The van der Waals surface area contributed by atoms with Crippen LogP contribution >= 0.6 is 15.9 Å². The molecule has 0 aliphatic carbocycles. The number of rotatable bonds is 4. The van der Waals surface area contributed by atoms with Crippen molar-refractivity contribution in [3.63, 3.8) is 0 Å². The first-order valence-corrected chi connectivity index (χ1v) is 11.1. The number of halogens is 1. The number of carbonyl (C=O) groups excluding carboxylic acids is 1. The molecule has 0 saturated carbocycles. The van der Waals surface area contributed by atoms with Gasteiger partial charge in [-0.05, 0) is 67.2 Å². The normalized spacial score (nSPS) is 14.6. The van der Waals surface area contributed by atoms with E-state index in [0.717, 1.165) is 18.4 Å². The van der Waals surface area contributed by atoms with Gasteiger partial charge in [0.1, 0.15) is 4.90 Å². The van der Waals surface area contributed by atoms with Crippen LogP contribution in [0.1, 0.15) is 40.2 Å². The van der Waals surface area contributed by atoms with Crippen molar-refractivity contribution in [3.05, 3.63) is 45.2 Å². The lowest BCUT2D eigenvalue weighted by Gasteiger charge is -2.17. The lowest BCUT2D eigenvalue weighted by atomic mass is 10.2. The fourth-order valence-corrected chi connectivity index (χ4v) is 5.80. The molecule has 1 aliphatic rings.